The maximum Gasteiger partial charge on any atom is 0.178 e. The summed E-state index contributed by atoms with van der Waals surface area (Å²) >= 11 is 5.89. The number of halogens is 1. The molecule has 3 nitrogen and oxygen atoms in total. The minimum absolute atomic E-state index is 0.00920. The third-order valence-corrected chi connectivity index (χ3v) is 3.98. The van der Waals surface area contributed by atoms with Gasteiger partial charge in [0.05, 0.1) is 13.2 Å². The van der Waals surface area contributed by atoms with Crippen LogP contribution in [0.5, 0.6) is 0 Å². The smallest absolute Gasteiger partial charge is 0.178 e. The predicted molar refractivity (Wildman–Crippen MR) is 80.7 cm³/mol. The minimum Gasteiger partial charge on any atom is -0.354 e. The summed E-state index contributed by atoms with van der Waals surface area (Å²) in [6, 6.07) is 16.6. The molecule has 0 spiro atoms. The van der Waals surface area contributed by atoms with Crippen molar-refractivity contribution in [3.8, 4) is 0 Å². The maximum absolute atomic E-state index is 13.0. The minimum atomic E-state index is -0.798. The molecule has 0 unspecified atom stereocenters. The van der Waals surface area contributed by atoms with Gasteiger partial charge in [-0.15, -0.1) is 0 Å². The van der Waals surface area contributed by atoms with Crippen molar-refractivity contribution in [3.63, 3.8) is 0 Å². The van der Waals surface area contributed by atoms with Crippen LogP contribution < -0.4 is 0 Å². The van der Waals surface area contributed by atoms with Crippen LogP contribution in [0.1, 0.15) is 15.9 Å². The number of rotatable bonds is 3. The third-order valence-electron chi connectivity index (χ3n) is 3.73. The van der Waals surface area contributed by atoms with E-state index in [0.29, 0.717) is 23.8 Å². The molecule has 2 aromatic rings. The number of hydrogen-bond acceptors (Lipinski definition) is 3. The summed E-state index contributed by atoms with van der Waals surface area (Å²) in [5.41, 5.74) is 0.717. The molecule has 0 saturated carbocycles. The molecular weight excluding hydrogens is 288 g/mol. The molecule has 0 aliphatic carbocycles. The van der Waals surface area contributed by atoms with Crippen LogP contribution in [-0.2, 0) is 14.9 Å². The van der Waals surface area contributed by atoms with Gasteiger partial charge in [0.2, 0.25) is 0 Å². The lowest BCUT2D eigenvalue weighted by Crippen LogP contribution is -2.48. The van der Waals surface area contributed by atoms with Gasteiger partial charge >= 0.3 is 0 Å². The molecule has 1 aliphatic heterocycles. The van der Waals surface area contributed by atoms with Crippen LogP contribution >= 0.6 is 11.6 Å². The largest absolute Gasteiger partial charge is 0.354 e. The van der Waals surface area contributed by atoms with Crippen molar-refractivity contribution in [2.24, 2.45) is 0 Å². The quantitative estimate of drug-likeness (QED) is 0.815. The second-order valence-electron chi connectivity index (χ2n) is 5.10. The van der Waals surface area contributed by atoms with Gasteiger partial charge in [0.15, 0.2) is 5.78 Å². The first-order chi connectivity index (χ1) is 10.2. The Labute approximate surface area is 128 Å². The lowest BCUT2D eigenvalue weighted by Gasteiger charge is -2.35. The van der Waals surface area contributed by atoms with Crippen LogP contribution in [0.2, 0.25) is 5.02 Å². The molecule has 0 bridgehead atoms. The van der Waals surface area contributed by atoms with E-state index in [1.54, 1.807) is 24.3 Å². The first kappa shape index (κ1) is 14.3. The van der Waals surface area contributed by atoms with Gasteiger partial charge in [-0.05, 0) is 29.8 Å². The first-order valence-corrected chi connectivity index (χ1v) is 7.11. The topological polar surface area (TPSA) is 35.5 Å². The van der Waals surface area contributed by atoms with Gasteiger partial charge in [-0.25, -0.2) is 0 Å². The molecular formula is C17H15ClO3. The molecule has 1 heterocycles. The molecule has 108 valence electrons. The van der Waals surface area contributed by atoms with E-state index in [-0.39, 0.29) is 12.6 Å². The molecule has 21 heavy (non-hydrogen) atoms. The number of carbonyl (C=O) groups excluding carboxylic acids is 1. The van der Waals surface area contributed by atoms with Gasteiger partial charge in [-0.1, -0.05) is 41.9 Å². The molecule has 2 aromatic carbocycles. The molecule has 3 rings (SSSR count). The van der Waals surface area contributed by atoms with E-state index in [2.05, 4.69) is 0 Å². The van der Waals surface area contributed by atoms with E-state index in [0.717, 1.165) is 5.56 Å². The Morgan fingerprint density at radius 2 is 1.57 bits per heavy atom. The van der Waals surface area contributed by atoms with E-state index < -0.39 is 5.41 Å². The number of ketones is 1. The average molecular weight is 303 g/mol. The van der Waals surface area contributed by atoms with Crippen molar-refractivity contribution >= 4 is 17.4 Å². The molecule has 1 aliphatic rings. The molecule has 1 saturated heterocycles. The van der Waals surface area contributed by atoms with E-state index in [4.69, 9.17) is 21.1 Å². The maximum atomic E-state index is 13.0. The zero-order valence-corrected chi connectivity index (χ0v) is 12.2. The Kier molecular flexibility index (Phi) is 4.06. The van der Waals surface area contributed by atoms with Gasteiger partial charge in [-0.3, -0.25) is 4.79 Å². The molecule has 0 aromatic heterocycles. The normalized spacial score (nSPS) is 17.4. The fourth-order valence-electron chi connectivity index (χ4n) is 2.60. The molecule has 0 atom stereocenters. The van der Waals surface area contributed by atoms with Gasteiger partial charge in [0.25, 0.3) is 0 Å². The fraction of sp³-hybridized carbons (Fsp3) is 0.235. The fourth-order valence-corrected chi connectivity index (χ4v) is 2.72. The van der Waals surface area contributed by atoms with Crippen LogP contribution in [0.4, 0.5) is 0 Å². The van der Waals surface area contributed by atoms with Crippen LogP contribution in [0.15, 0.2) is 54.6 Å². The van der Waals surface area contributed by atoms with E-state index >= 15 is 0 Å². The zero-order valence-electron chi connectivity index (χ0n) is 11.4. The van der Waals surface area contributed by atoms with Crippen LogP contribution in [0, 0.1) is 0 Å². The predicted octanol–water partition coefficient (Wildman–Crippen LogP) is 3.47. The van der Waals surface area contributed by atoms with Gasteiger partial charge in [0.1, 0.15) is 12.2 Å². The molecule has 1 fully saturated rings. The molecule has 4 heteroatoms. The van der Waals surface area contributed by atoms with E-state index in [9.17, 15) is 4.79 Å². The SMILES string of the molecule is O=C(c1ccc(Cl)cc1)C1(c2ccccc2)COCOC1. The Balaban J connectivity index is 2.03. The molecule has 0 radical (unpaired) electrons. The summed E-state index contributed by atoms with van der Waals surface area (Å²) in [5, 5.41) is 0.608. The lowest BCUT2D eigenvalue weighted by molar-refractivity contribution is -0.127. The summed E-state index contributed by atoms with van der Waals surface area (Å²) < 4.78 is 10.9. The summed E-state index contributed by atoms with van der Waals surface area (Å²) in [6.07, 6.45) is 0. The highest BCUT2D eigenvalue weighted by molar-refractivity contribution is 6.30. The summed E-state index contributed by atoms with van der Waals surface area (Å²) in [7, 11) is 0. The first-order valence-electron chi connectivity index (χ1n) is 6.74. The van der Waals surface area contributed by atoms with Crippen LogP contribution in [0.3, 0.4) is 0 Å². The third kappa shape index (κ3) is 2.72. The van der Waals surface area contributed by atoms with Gasteiger partial charge in [-0.2, -0.15) is 0 Å². The highest BCUT2D eigenvalue weighted by Crippen LogP contribution is 2.32. The Morgan fingerprint density at radius 3 is 2.19 bits per heavy atom. The van der Waals surface area contributed by atoms with Crippen molar-refractivity contribution in [1.82, 2.24) is 0 Å². The average Bonchev–Trinajstić information content (AvgIpc) is 2.56. The highest BCUT2D eigenvalue weighted by atomic mass is 35.5. The van der Waals surface area contributed by atoms with Gasteiger partial charge < -0.3 is 9.47 Å². The second kappa shape index (κ2) is 5.98. The Hall–Kier alpha value is -1.68. The van der Waals surface area contributed by atoms with Gasteiger partial charge in [0, 0.05) is 10.6 Å². The Bertz CT molecular complexity index is 616. The molecule has 0 amide bonds. The van der Waals surface area contributed by atoms with Crippen molar-refractivity contribution < 1.29 is 14.3 Å². The number of Topliss-reactive ketones (excluding diaryl/α,β-unsaturated/α-hetero) is 1. The number of ether oxygens (including phenoxy) is 2. The summed E-state index contributed by atoms with van der Waals surface area (Å²) in [4.78, 5) is 13.0. The van der Waals surface area contributed by atoms with E-state index in [1.807, 2.05) is 30.3 Å². The van der Waals surface area contributed by atoms with Crippen molar-refractivity contribution in [3.05, 3.63) is 70.7 Å². The highest BCUT2D eigenvalue weighted by Gasteiger charge is 2.43. The van der Waals surface area contributed by atoms with Crippen molar-refractivity contribution in [2.75, 3.05) is 20.0 Å². The van der Waals surface area contributed by atoms with Crippen LogP contribution in [0.25, 0.3) is 0 Å². The second-order valence-corrected chi connectivity index (χ2v) is 5.54. The van der Waals surface area contributed by atoms with Crippen molar-refractivity contribution in [1.29, 1.82) is 0 Å². The molecule has 0 N–H and O–H groups in total. The Morgan fingerprint density at radius 1 is 0.952 bits per heavy atom. The van der Waals surface area contributed by atoms with Crippen LogP contribution in [-0.4, -0.2) is 25.8 Å². The summed E-state index contributed by atoms with van der Waals surface area (Å²) in [6.45, 7) is 0.861. The summed E-state index contributed by atoms with van der Waals surface area (Å²) in [5.74, 6) is -0.00920. The van der Waals surface area contributed by atoms with Crippen molar-refractivity contribution in [2.45, 2.75) is 5.41 Å². The lowest BCUT2D eigenvalue weighted by atomic mass is 9.75. The monoisotopic (exact) mass is 302 g/mol. The number of carbonyl (C=O) groups is 1. The number of benzene rings is 2. The standard InChI is InChI=1S/C17H15ClO3/c18-15-8-6-13(7-9-15)16(19)17(10-20-12-21-11-17)14-4-2-1-3-5-14/h1-9H,10-12H2. The zero-order chi connectivity index (χ0) is 14.7. The number of hydrogen-bond donors (Lipinski definition) is 0. The van der Waals surface area contributed by atoms with E-state index in [1.165, 1.54) is 0 Å².